The van der Waals surface area contributed by atoms with Crippen LogP contribution in [-0.4, -0.2) is 42.5 Å². The summed E-state index contributed by atoms with van der Waals surface area (Å²) in [4.78, 5) is 26.7. The molecule has 2 aliphatic rings. The van der Waals surface area contributed by atoms with Crippen molar-refractivity contribution < 1.29 is 22.8 Å². The van der Waals surface area contributed by atoms with Gasteiger partial charge in [-0.1, -0.05) is 6.07 Å². The molecular formula is C13H12F3N3O2. The number of carbonyl (C=O) groups excluding carboxylic acids is 2. The van der Waals surface area contributed by atoms with Gasteiger partial charge in [0.1, 0.15) is 6.04 Å². The molecule has 0 bridgehead atoms. The summed E-state index contributed by atoms with van der Waals surface area (Å²) in [6.45, 7) is 1.25. The first-order valence-corrected chi connectivity index (χ1v) is 6.42. The number of anilines is 1. The minimum atomic E-state index is -4.52. The Bertz CT molecular complexity index is 579. The average Bonchev–Trinajstić information content (AvgIpc) is 2.71. The largest absolute Gasteiger partial charge is 0.416 e. The van der Waals surface area contributed by atoms with Gasteiger partial charge in [0.25, 0.3) is 5.91 Å². The van der Waals surface area contributed by atoms with E-state index in [0.717, 1.165) is 17.0 Å². The highest BCUT2D eigenvalue weighted by Gasteiger charge is 2.47. The number of nitrogens with zero attached hydrogens (tertiary/aromatic N) is 2. The van der Waals surface area contributed by atoms with Crippen molar-refractivity contribution in [1.82, 2.24) is 10.2 Å². The predicted molar refractivity (Wildman–Crippen MR) is 67.7 cm³/mol. The number of urea groups is 1. The van der Waals surface area contributed by atoms with Gasteiger partial charge < -0.3 is 10.2 Å². The zero-order chi connectivity index (χ0) is 15.2. The Morgan fingerprint density at radius 2 is 2.00 bits per heavy atom. The number of amides is 3. The first-order chi connectivity index (χ1) is 9.89. The van der Waals surface area contributed by atoms with E-state index in [-0.39, 0.29) is 5.69 Å². The molecule has 1 atom stereocenters. The van der Waals surface area contributed by atoms with E-state index in [0.29, 0.717) is 19.6 Å². The Labute approximate surface area is 118 Å². The van der Waals surface area contributed by atoms with Crippen molar-refractivity contribution >= 4 is 17.6 Å². The Morgan fingerprint density at radius 3 is 2.67 bits per heavy atom. The fraction of sp³-hybridized carbons (Fsp3) is 0.385. The van der Waals surface area contributed by atoms with Gasteiger partial charge in [0, 0.05) is 19.6 Å². The molecule has 5 nitrogen and oxygen atoms in total. The number of hydrogen-bond donors (Lipinski definition) is 1. The molecule has 3 amide bonds. The van der Waals surface area contributed by atoms with Gasteiger partial charge >= 0.3 is 12.2 Å². The molecule has 1 N–H and O–H groups in total. The van der Waals surface area contributed by atoms with Crippen molar-refractivity contribution in [2.45, 2.75) is 12.2 Å². The van der Waals surface area contributed by atoms with Gasteiger partial charge in [-0.05, 0) is 18.2 Å². The van der Waals surface area contributed by atoms with Gasteiger partial charge in [-0.3, -0.25) is 4.79 Å². The number of rotatable bonds is 1. The molecule has 0 aromatic heterocycles. The first kappa shape index (κ1) is 13.9. The average molecular weight is 299 g/mol. The highest BCUT2D eigenvalue weighted by Crippen LogP contribution is 2.33. The summed E-state index contributed by atoms with van der Waals surface area (Å²) in [7, 11) is 0. The van der Waals surface area contributed by atoms with Crippen LogP contribution in [0.3, 0.4) is 0 Å². The molecule has 2 aliphatic heterocycles. The van der Waals surface area contributed by atoms with Crippen LogP contribution in [0.15, 0.2) is 24.3 Å². The lowest BCUT2D eigenvalue weighted by molar-refractivity contribution is -0.137. The Balaban J connectivity index is 1.97. The number of piperazine rings is 1. The minimum absolute atomic E-state index is 0.0470. The molecule has 0 spiro atoms. The molecule has 2 heterocycles. The minimum Gasteiger partial charge on any atom is -0.312 e. The van der Waals surface area contributed by atoms with Crippen molar-refractivity contribution in [1.29, 1.82) is 0 Å². The van der Waals surface area contributed by atoms with E-state index in [1.165, 1.54) is 17.0 Å². The molecule has 2 saturated heterocycles. The molecule has 1 aromatic rings. The van der Waals surface area contributed by atoms with Crippen LogP contribution in [0.4, 0.5) is 23.7 Å². The van der Waals surface area contributed by atoms with Crippen LogP contribution in [0.1, 0.15) is 5.56 Å². The fourth-order valence-corrected chi connectivity index (χ4v) is 2.58. The Kier molecular flexibility index (Phi) is 3.12. The quantitative estimate of drug-likeness (QED) is 0.799. The summed E-state index contributed by atoms with van der Waals surface area (Å²) >= 11 is 0. The van der Waals surface area contributed by atoms with Gasteiger partial charge in [0.05, 0.1) is 11.3 Å². The van der Waals surface area contributed by atoms with E-state index >= 15 is 0 Å². The number of halogens is 3. The maximum atomic E-state index is 12.7. The Morgan fingerprint density at radius 1 is 1.24 bits per heavy atom. The van der Waals surface area contributed by atoms with Gasteiger partial charge in [-0.25, -0.2) is 9.69 Å². The molecule has 112 valence electrons. The summed E-state index contributed by atoms with van der Waals surface area (Å²) in [6.07, 6.45) is -4.52. The van der Waals surface area contributed by atoms with Crippen molar-refractivity contribution in [2.24, 2.45) is 0 Å². The predicted octanol–water partition coefficient (Wildman–Crippen LogP) is 1.45. The number of alkyl halides is 3. The lowest BCUT2D eigenvalue weighted by Gasteiger charge is -2.26. The third kappa shape index (κ3) is 2.25. The lowest BCUT2D eigenvalue weighted by atomic mass is 10.1. The van der Waals surface area contributed by atoms with Crippen molar-refractivity contribution in [3.05, 3.63) is 29.8 Å². The first-order valence-electron chi connectivity index (χ1n) is 6.42. The number of carbonyl (C=O) groups is 2. The monoisotopic (exact) mass is 299 g/mol. The van der Waals surface area contributed by atoms with Crippen LogP contribution in [0.5, 0.6) is 0 Å². The summed E-state index contributed by atoms with van der Waals surface area (Å²) in [6, 6.07) is 3.04. The summed E-state index contributed by atoms with van der Waals surface area (Å²) < 4.78 is 38.2. The van der Waals surface area contributed by atoms with Crippen LogP contribution in [0.25, 0.3) is 0 Å². The number of benzene rings is 1. The third-order valence-corrected chi connectivity index (χ3v) is 3.62. The molecule has 0 radical (unpaired) electrons. The van der Waals surface area contributed by atoms with Gasteiger partial charge in [0.15, 0.2) is 0 Å². The summed E-state index contributed by atoms with van der Waals surface area (Å²) in [5.74, 6) is -0.494. The second-order valence-electron chi connectivity index (χ2n) is 4.92. The van der Waals surface area contributed by atoms with E-state index in [1.807, 2.05) is 0 Å². The third-order valence-electron chi connectivity index (χ3n) is 3.62. The normalized spacial score (nSPS) is 22.7. The summed E-state index contributed by atoms with van der Waals surface area (Å²) in [5, 5.41) is 2.99. The zero-order valence-electron chi connectivity index (χ0n) is 10.9. The van der Waals surface area contributed by atoms with Crippen LogP contribution >= 0.6 is 0 Å². The van der Waals surface area contributed by atoms with Crippen molar-refractivity contribution in [3.63, 3.8) is 0 Å². The van der Waals surface area contributed by atoms with E-state index < -0.39 is 29.7 Å². The molecule has 0 aliphatic carbocycles. The zero-order valence-corrected chi connectivity index (χ0v) is 10.9. The highest BCUT2D eigenvalue weighted by molar-refractivity contribution is 6.21. The molecule has 2 fully saturated rings. The van der Waals surface area contributed by atoms with Crippen molar-refractivity contribution in [2.75, 3.05) is 24.5 Å². The molecule has 8 heteroatoms. The molecule has 0 saturated carbocycles. The fourth-order valence-electron chi connectivity index (χ4n) is 2.58. The SMILES string of the molecule is O=C1C2CNCCN2C(=O)N1c1cccc(C(F)(F)F)c1. The van der Waals surface area contributed by atoms with Gasteiger partial charge in [-0.15, -0.1) is 0 Å². The van der Waals surface area contributed by atoms with E-state index in [1.54, 1.807) is 0 Å². The van der Waals surface area contributed by atoms with E-state index in [9.17, 15) is 22.8 Å². The van der Waals surface area contributed by atoms with Crippen LogP contribution in [-0.2, 0) is 11.0 Å². The van der Waals surface area contributed by atoms with Crippen LogP contribution in [0.2, 0.25) is 0 Å². The van der Waals surface area contributed by atoms with Crippen LogP contribution < -0.4 is 10.2 Å². The second kappa shape index (κ2) is 4.73. The lowest BCUT2D eigenvalue weighted by Crippen LogP contribution is -2.51. The molecule has 1 unspecified atom stereocenters. The number of imide groups is 1. The molecule has 3 rings (SSSR count). The summed E-state index contributed by atoms with van der Waals surface area (Å²) in [5.41, 5.74) is -0.933. The molecular weight excluding hydrogens is 287 g/mol. The highest BCUT2D eigenvalue weighted by atomic mass is 19.4. The van der Waals surface area contributed by atoms with Crippen molar-refractivity contribution in [3.8, 4) is 0 Å². The maximum Gasteiger partial charge on any atom is 0.416 e. The maximum absolute atomic E-state index is 12.7. The number of hydrogen-bond acceptors (Lipinski definition) is 3. The van der Waals surface area contributed by atoms with E-state index in [2.05, 4.69) is 5.32 Å². The molecule has 1 aromatic carbocycles. The molecule has 21 heavy (non-hydrogen) atoms. The number of fused-ring (bicyclic) bond motifs is 1. The topological polar surface area (TPSA) is 52.7 Å². The van der Waals surface area contributed by atoms with Gasteiger partial charge in [-0.2, -0.15) is 13.2 Å². The van der Waals surface area contributed by atoms with Gasteiger partial charge in [0.2, 0.25) is 0 Å². The van der Waals surface area contributed by atoms with E-state index in [4.69, 9.17) is 0 Å². The Hall–Kier alpha value is -2.09. The smallest absolute Gasteiger partial charge is 0.312 e. The standard InChI is InChI=1S/C13H12F3N3O2/c14-13(15,16)8-2-1-3-9(6-8)19-11(20)10-7-17-4-5-18(10)12(19)21/h1-3,6,10,17H,4-5,7H2. The van der Waals surface area contributed by atoms with Crippen LogP contribution in [0, 0.1) is 0 Å². The second-order valence-corrected chi connectivity index (χ2v) is 4.92. The number of nitrogens with one attached hydrogen (secondary N) is 1.